The molecule has 100 valence electrons. The average Bonchev–Trinajstić information content (AvgIpc) is 2.45. The summed E-state index contributed by atoms with van der Waals surface area (Å²) in [6, 6.07) is 13.4. The van der Waals surface area contributed by atoms with Gasteiger partial charge >= 0.3 is 0 Å². The second-order valence-corrected chi connectivity index (χ2v) is 4.85. The predicted molar refractivity (Wildman–Crippen MR) is 79.4 cm³/mol. The molecule has 0 aromatic heterocycles. The number of aromatic hydroxyl groups is 3. The average molecular weight is 287 g/mol. The Kier molecular flexibility index (Phi) is 2.92. The van der Waals surface area contributed by atoms with Gasteiger partial charge in [0.1, 0.15) is 17.2 Å². The van der Waals surface area contributed by atoms with Crippen molar-refractivity contribution in [2.45, 2.75) is 0 Å². The molecule has 3 aromatic rings. The molecule has 3 rings (SSSR count). The highest BCUT2D eigenvalue weighted by atomic mass is 35.5. The van der Waals surface area contributed by atoms with Crippen LogP contribution in [-0.4, -0.2) is 15.3 Å². The minimum atomic E-state index is -0.146. The van der Waals surface area contributed by atoms with Gasteiger partial charge in [0.2, 0.25) is 0 Å². The van der Waals surface area contributed by atoms with E-state index in [4.69, 9.17) is 11.6 Å². The fourth-order valence-corrected chi connectivity index (χ4v) is 2.57. The molecule has 0 aliphatic heterocycles. The lowest BCUT2D eigenvalue weighted by Crippen LogP contribution is -1.86. The zero-order valence-corrected chi connectivity index (χ0v) is 11.1. The molecule has 20 heavy (non-hydrogen) atoms. The topological polar surface area (TPSA) is 60.7 Å². The number of benzene rings is 3. The SMILES string of the molecule is Oc1ccc(O)c(-c2c(O)ccc3ccccc23)c1Cl. The first-order chi connectivity index (χ1) is 9.59. The smallest absolute Gasteiger partial charge is 0.135 e. The summed E-state index contributed by atoms with van der Waals surface area (Å²) >= 11 is 6.08. The van der Waals surface area contributed by atoms with E-state index in [9.17, 15) is 15.3 Å². The zero-order chi connectivity index (χ0) is 14.3. The maximum atomic E-state index is 10.2. The van der Waals surface area contributed by atoms with E-state index >= 15 is 0 Å². The van der Waals surface area contributed by atoms with Crippen molar-refractivity contribution < 1.29 is 15.3 Å². The Balaban J connectivity index is 2.47. The van der Waals surface area contributed by atoms with Gasteiger partial charge in [-0.05, 0) is 29.0 Å². The summed E-state index contributed by atoms with van der Waals surface area (Å²) < 4.78 is 0. The van der Waals surface area contributed by atoms with Gasteiger partial charge in [-0.2, -0.15) is 0 Å². The summed E-state index contributed by atoms with van der Waals surface area (Å²) in [4.78, 5) is 0. The van der Waals surface area contributed by atoms with Crippen molar-refractivity contribution in [3.63, 3.8) is 0 Å². The van der Waals surface area contributed by atoms with Gasteiger partial charge in [0.15, 0.2) is 0 Å². The van der Waals surface area contributed by atoms with Crippen molar-refractivity contribution in [1.82, 2.24) is 0 Å². The number of phenols is 3. The van der Waals surface area contributed by atoms with E-state index in [1.165, 1.54) is 18.2 Å². The van der Waals surface area contributed by atoms with Gasteiger partial charge in [0.05, 0.1) is 10.6 Å². The van der Waals surface area contributed by atoms with Gasteiger partial charge in [-0.1, -0.05) is 41.9 Å². The first-order valence-electron chi connectivity index (χ1n) is 6.01. The van der Waals surface area contributed by atoms with Gasteiger partial charge < -0.3 is 15.3 Å². The van der Waals surface area contributed by atoms with Crippen molar-refractivity contribution >= 4 is 22.4 Å². The van der Waals surface area contributed by atoms with Crippen LogP contribution in [-0.2, 0) is 0 Å². The summed E-state index contributed by atoms with van der Waals surface area (Å²) in [7, 11) is 0. The molecule has 0 atom stereocenters. The minimum Gasteiger partial charge on any atom is -0.507 e. The van der Waals surface area contributed by atoms with E-state index in [1.54, 1.807) is 6.07 Å². The number of fused-ring (bicyclic) bond motifs is 1. The Bertz CT molecular complexity index is 812. The van der Waals surface area contributed by atoms with Crippen molar-refractivity contribution in [2.24, 2.45) is 0 Å². The highest BCUT2D eigenvalue weighted by molar-refractivity contribution is 6.35. The van der Waals surface area contributed by atoms with E-state index in [-0.39, 0.29) is 27.8 Å². The molecule has 0 bridgehead atoms. The normalized spacial score (nSPS) is 10.8. The molecule has 0 heterocycles. The van der Waals surface area contributed by atoms with Crippen LogP contribution in [0.5, 0.6) is 17.2 Å². The van der Waals surface area contributed by atoms with E-state index in [0.29, 0.717) is 5.56 Å². The van der Waals surface area contributed by atoms with Crippen LogP contribution < -0.4 is 0 Å². The lowest BCUT2D eigenvalue weighted by atomic mass is 9.96. The van der Waals surface area contributed by atoms with Crippen LogP contribution in [0.3, 0.4) is 0 Å². The molecular weight excluding hydrogens is 276 g/mol. The Morgan fingerprint density at radius 2 is 1.25 bits per heavy atom. The van der Waals surface area contributed by atoms with Crippen LogP contribution in [0, 0.1) is 0 Å². The number of hydrogen-bond donors (Lipinski definition) is 3. The van der Waals surface area contributed by atoms with Crippen LogP contribution >= 0.6 is 11.6 Å². The molecule has 0 radical (unpaired) electrons. The fourth-order valence-electron chi connectivity index (χ4n) is 2.32. The molecule has 4 heteroatoms. The third-order valence-electron chi connectivity index (χ3n) is 3.26. The van der Waals surface area contributed by atoms with Crippen molar-refractivity contribution in [2.75, 3.05) is 0 Å². The summed E-state index contributed by atoms with van der Waals surface area (Å²) in [6.45, 7) is 0. The molecule has 0 spiro atoms. The molecule has 0 amide bonds. The summed E-state index contributed by atoms with van der Waals surface area (Å²) in [6.07, 6.45) is 0. The number of phenolic OH excluding ortho intramolecular Hbond substituents is 3. The lowest BCUT2D eigenvalue weighted by molar-refractivity contribution is 0.459. The highest BCUT2D eigenvalue weighted by Crippen LogP contribution is 2.47. The fraction of sp³-hybridized carbons (Fsp3) is 0. The van der Waals surface area contributed by atoms with Crippen molar-refractivity contribution in [3.05, 3.63) is 53.6 Å². The van der Waals surface area contributed by atoms with Gasteiger partial charge in [0.25, 0.3) is 0 Å². The predicted octanol–water partition coefficient (Wildman–Crippen LogP) is 4.28. The van der Waals surface area contributed by atoms with Crippen LogP contribution in [0.2, 0.25) is 5.02 Å². The van der Waals surface area contributed by atoms with E-state index < -0.39 is 0 Å². The molecule has 0 unspecified atom stereocenters. The number of rotatable bonds is 1. The van der Waals surface area contributed by atoms with E-state index in [2.05, 4.69) is 0 Å². The molecule has 3 aromatic carbocycles. The van der Waals surface area contributed by atoms with Gasteiger partial charge in [0, 0.05) is 5.56 Å². The molecule has 3 nitrogen and oxygen atoms in total. The van der Waals surface area contributed by atoms with Crippen LogP contribution in [0.4, 0.5) is 0 Å². The Hall–Kier alpha value is -2.39. The standard InChI is InChI=1S/C16H11ClO3/c17-16-13(20)8-7-12(19)15(16)14-10-4-2-1-3-9(10)5-6-11(14)18/h1-8,18-20H. The minimum absolute atomic E-state index is 0.00787. The van der Waals surface area contributed by atoms with Crippen LogP contribution in [0.15, 0.2) is 48.5 Å². The third-order valence-corrected chi connectivity index (χ3v) is 3.64. The Labute approximate surface area is 120 Å². The summed E-state index contributed by atoms with van der Waals surface area (Å²) in [5.41, 5.74) is 0.627. The number of hydrogen-bond acceptors (Lipinski definition) is 3. The first kappa shape index (κ1) is 12.6. The summed E-state index contributed by atoms with van der Waals surface area (Å²) in [5, 5.41) is 31.6. The van der Waals surface area contributed by atoms with Crippen molar-refractivity contribution in [1.29, 1.82) is 0 Å². The molecular formula is C16H11ClO3. The van der Waals surface area contributed by atoms with Crippen LogP contribution in [0.1, 0.15) is 0 Å². The number of halogens is 1. The summed E-state index contributed by atoms with van der Waals surface area (Å²) in [5.74, 6) is -0.252. The third kappa shape index (κ3) is 1.84. The Morgan fingerprint density at radius 1 is 0.650 bits per heavy atom. The van der Waals surface area contributed by atoms with Gasteiger partial charge in [-0.3, -0.25) is 0 Å². The molecule has 0 saturated carbocycles. The van der Waals surface area contributed by atoms with E-state index in [0.717, 1.165) is 10.8 Å². The molecule has 0 fully saturated rings. The quantitative estimate of drug-likeness (QED) is 0.585. The lowest BCUT2D eigenvalue weighted by Gasteiger charge is -2.13. The maximum absolute atomic E-state index is 10.2. The molecule has 3 N–H and O–H groups in total. The maximum Gasteiger partial charge on any atom is 0.135 e. The second kappa shape index (κ2) is 4.62. The zero-order valence-electron chi connectivity index (χ0n) is 10.3. The highest BCUT2D eigenvalue weighted by Gasteiger charge is 2.18. The Morgan fingerprint density at radius 3 is 2.05 bits per heavy atom. The molecule has 0 aliphatic rings. The monoisotopic (exact) mass is 286 g/mol. The van der Waals surface area contributed by atoms with E-state index in [1.807, 2.05) is 24.3 Å². The van der Waals surface area contributed by atoms with Gasteiger partial charge in [-0.15, -0.1) is 0 Å². The largest absolute Gasteiger partial charge is 0.507 e. The first-order valence-corrected chi connectivity index (χ1v) is 6.39. The van der Waals surface area contributed by atoms with Crippen LogP contribution in [0.25, 0.3) is 21.9 Å². The molecule has 0 saturated heterocycles. The van der Waals surface area contributed by atoms with Gasteiger partial charge in [-0.25, -0.2) is 0 Å². The van der Waals surface area contributed by atoms with Crippen molar-refractivity contribution in [3.8, 4) is 28.4 Å². The second-order valence-electron chi connectivity index (χ2n) is 4.47. The molecule has 0 aliphatic carbocycles.